The number of hydrogen-bond donors (Lipinski definition) is 1. The summed E-state index contributed by atoms with van der Waals surface area (Å²) in [6, 6.07) is 15.6. The molecule has 0 aromatic heterocycles. The van der Waals surface area contributed by atoms with E-state index in [1.807, 2.05) is 43.3 Å². The van der Waals surface area contributed by atoms with Gasteiger partial charge in [0.05, 0.1) is 6.04 Å². The number of carbonyl (C=O) groups excluding carboxylic acids is 1. The van der Waals surface area contributed by atoms with Crippen molar-refractivity contribution in [3.05, 3.63) is 69.7 Å². The Labute approximate surface area is 122 Å². The highest BCUT2D eigenvalue weighted by Crippen LogP contribution is 2.15. The average molecular weight is 318 g/mol. The van der Waals surface area contributed by atoms with Crippen molar-refractivity contribution in [2.45, 2.75) is 19.9 Å². The lowest BCUT2D eigenvalue weighted by atomic mass is 10.1. The molecule has 19 heavy (non-hydrogen) atoms. The minimum atomic E-state index is -0.0608. The van der Waals surface area contributed by atoms with Gasteiger partial charge in [-0.25, -0.2) is 0 Å². The molecule has 1 N–H and O–H groups in total. The third kappa shape index (κ3) is 3.67. The van der Waals surface area contributed by atoms with Crippen LogP contribution in [-0.4, -0.2) is 5.91 Å². The first kappa shape index (κ1) is 13.8. The van der Waals surface area contributed by atoms with Crippen molar-refractivity contribution in [1.82, 2.24) is 5.32 Å². The van der Waals surface area contributed by atoms with Crippen molar-refractivity contribution >= 4 is 21.8 Å². The fourth-order valence-electron chi connectivity index (χ4n) is 1.85. The van der Waals surface area contributed by atoms with E-state index in [-0.39, 0.29) is 11.9 Å². The standard InChI is InChI=1S/C16H16BrNO/c1-11-6-8-13(9-7-11)12(2)18-16(19)14-4-3-5-15(17)10-14/h3-10,12H,1-2H3,(H,18,19). The van der Waals surface area contributed by atoms with E-state index >= 15 is 0 Å². The second kappa shape index (κ2) is 6.02. The minimum Gasteiger partial charge on any atom is -0.346 e. The van der Waals surface area contributed by atoms with Crippen LogP contribution >= 0.6 is 15.9 Å². The summed E-state index contributed by atoms with van der Waals surface area (Å²) in [7, 11) is 0. The van der Waals surface area contributed by atoms with Gasteiger partial charge in [0.2, 0.25) is 0 Å². The normalized spacial score (nSPS) is 11.9. The molecule has 1 amide bonds. The van der Waals surface area contributed by atoms with Gasteiger partial charge in [-0.15, -0.1) is 0 Å². The van der Waals surface area contributed by atoms with Crippen LogP contribution in [0, 0.1) is 6.92 Å². The molecule has 0 saturated carbocycles. The van der Waals surface area contributed by atoms with Gasteiger partial charge >= 0.3 is 0 Å². The van der Waals surface area contributed by atoms with Crippen LogP contribution in [0.1, 0.15) is 34.5 Å². The van der Waals surface area contributed by atoms with Crippen LogP contribution in [-0.2, 0) is 0 Å². The van der Waals surface area contributed by atoms with Crippen LogP contribution in [0.3, 0.4) is 0 Å². The molecule has 0 spiro atoms. The molecule has 1 atom stereocenters. The van der Waals surface area contributed by atoms with E-state index < -0.39 is 0 Å². The lowest BCUT2D eigenvalue weighted by Crippen LogP contribution is -2.26. The zero-order valence-corrected chi connectivity index (χ0v) is 12.6. The maximum absolute atomic E-state index is 12.1. The van der Waals surface area contributed by atoms with E-state index in [9.17, 15) is 4.79 Å². The van der Waals surface area contributed by atoms with Crippen molar-refractivity contribution in [2.75, 3.05) is 0 Å². The molecule has 0 bridgehead atoms. The average Bonchev–Trinajstić information content (AvgIpc) is 2.39. The van der Waals surface area contributed by atoms with Gasteiger partial charge in [0.15, 0.2) is 0 Å². The number of carbonyl (C=O) groups is 1. The maximum Gasteiger partial charge on any atom is 0.251 e. The van der Waals surface area contributed by atoms with Gasteiger partial charge in [-0.1, -0.05) is 51.8 Å². The van der Waals surface area contributed by atoms with Gasteiger partial charge in [0.25, 0.3) is 5.91 Å². The van der Waals surface area contributed by atoms with Crippen LogP contribution in [0.25, 0.3) is 0 Å². The number of rotatable bonds is 3. The number of benzene rings is 2. The fraction of sp³-hybridized carbons (Fsp3) is 0.188. The van der Waals surface area contributed by atoms with Crippen LogP contribution in [0.5, 0.6) is 0 Å². The van der Waals surface area contributed by atoms with Gasteiger partial charge < -0.3 is 5.32 Å². The largest absolute Gasteiger partial charge is 0.346 e. The predicted molar refractivity (Wildman–Crippen MR) is 81.2 cm³/mol. The molecule has 2 rings (SSSR count). The minimum absolute atomic E-state index is 0.00733. The van der Waals surface area contributed by atoms with Gasteiger partial charge in [-0.3, -0.25) is 4.79 Å². The summed E-state index contributed by atoms with van der Waals surface area (Å²) >= 11 is 3.37. The Bertz CT molecular complexity index is 578. The number of aryl methyl sites for hydroxylation is 1. The summed E-state index contributed by atoms with van der Waals surface area (Å²) < 4.78 is 0.906. The lowest BCUT2D eigenvalue weighted by Gasteiger charge is -2.14. The van der Waals surface area contributed by atoms with Crippen molar-refractivity contribution in [2.24, 2.45) is 0 Å². The topological polar surface area (TPSA) is 29.1 Å². The van der Waals surface area contributed by atoms with Crippen molar-refractivity contribution in [3.8, 4) is 0 Å². The molecule has 0 heterocycles. The van der Waals surface area contributed by atoms with Gasteiger partial charge in [0, 0.05) is 10.0 Å². The summed E-state index contributed by atoms with van der Waals surface area (Å²) in [5, 5.41) is 3.00. The van der Waals surface area contributed by atoms with Crippen LogP contribution in [0.4, 0.5) is 0 Å². The molecule has 0 aliphatic heterocycles. The Balaban J connectivity index is 2.08. The van der Waals surface area contributed by atoms with Crippen LogP contribution in [0.2, 0.25) is 0 Å². The van der Waals surface area contributed by atoms with Gasteiger partial charge in [-0.05, 0) is 37.6 Å². The Kier molecular flexibility index (Phi) is 4.38. The van der Waals surface area contributed by atoms with E-state index in [0.29, 0.717) is 5.56 Å². The third-order valence-corrected chi connectivity index (χ3v) is 3.51. The third-order valence-electron chi connectivity index (χ3n) is 3.01. The highest BCUT2D eigenvalue weighted by Gasteiger charge is 2.11. The molecule has 2 aromatic carbocycles. The molecule has 3 heteroatoms. The highest BCUT2D eigenvalue weighted by molar-refractivity contribution is 9.10. The van der Waals surface area contributed by atoms with E-state index in [1.165, 1.54) is 5.56 Å². The summed E-state index contributed by atoms with van der Waals surface area (Å²) in [5.41, 5.74) is 2.98. The molecular formula is C16H16BrNO. The van der Waals surface area contributed by atoms with E-state index in [2.05, 4.69) is 40.3 Å². The number of nitrogens with one attached hydrogen (secondary N) is 1. The molecule has 2 nitrogen and oxygen atoms in total. The zero-order chi connectivity index (χ0) is 13.8. The first-order chi connectivity index (χ1) is 9.06. The second-order valence-electron chi connectivity index (χ2n) is 4.62. The molecule has 1 unspecified atom stereocenters. The lowest BCUT2D eigenvalue weighted by molar-refractivity contribution is 0.0940. The Morgan fingerprint density at radius 3 is 2.47 bits per heavy atom. The van der Waals surface area contributed by atoms with Crippen LogP contribution < -0.4 is 5.32 Å². The van der Waals surface area contributed by atoms with E-state index in [4.69, 9.17) is 0 Å². The SMILES string of the molecule is Cc1ccc(C(C)NC(=O)c2cccc(Br)c2)cc1. The summed E-state index contributed by atoms with van der Waals surface area (Å²) in [6.07, 6.45) is 0. The van der Waals surface area contributed by atoms with Crippen molar-refractivity contribution in [3.63, 3.8) is 0 Å². The smallest absolute Gasteiger partial charge is 0.251 e. The summed E-state index contributed by atoms with van der Waals surface area (Å²) in [4.78, 5) is 12.1. The van der Waals surface area contributed by atoms with E-state index in [0.717, 1.165) is 10.0 Å². The van der Waals surface area contributed by atoms with Gasteiger partial charge in [0.1, 0.15) is 0 Å². The first-order valence-corrected chi connectivity index (χ1v) is 6.98. The molecule has 2 aromatic rings. The van der Waals surface area contributed by atoms with Crippen molar-refractivity contribution in [1.29, 1.82) is 0 Å². The first-order valence-electron chi connectivity index (χ1n) is 6.19. The molecule has 0 radical (unpaired) electrons. The quantitative estimate of drug-likeness (QED) is 0.901. The summed E-state index contributed by atoms with van der Waals surface area (Å²) in [6.45, 7) is 4.04. The second-order valence-corrected chi connectivity index (χ2v) is 5.53. The monoisotopic (exact) mass is 317 g/mol. The van der Waals surface area contributed by atoms with Crippen LogP contribution in [0.15, 0.2) is 53.0 Å². The number of hydrogen-bond acceptors (Lipinski definition) is 1. The molecule has 98 valence electrons. The highest BCUT2D eigenvalue weighted by atomic mass is 79.9. The molecular weight excluding hydrogens is 302 g/mol. The van der Waals surface area contributed by atoms with E-state index in [1.54, 1.807) is 0 Å². The summed E-state index contributed by atoms with van der Waals surface area (Å²) in [5.74, 6) is -0.0608. The van der Waals surface area contributed by atoms with Crippen molar-refractivity contribution < 1.29 is 4.79 Å². The number of amides is 1. The molecule has 0 aliphatic rings. The van der Waals surface area contributed by atoms with Gasteiger partial charge in [-0.2, -0.15) is 0 Å². The predicted octanol–water partition coefficient (Wildman–Crippen LogP) is 4.25. The maximum atomic E-state index is 12.1. The Hall–Kier alpha value is -1.61. The zero-order valence-electron chi connectivity index (χ0n) is 11.0. The number of halogens is 1. The molecule has 0 aliphatic carbocycles. The fourth-order valence-corrected chi connectivity index (χ4v) is 2.25. The molecule has 0 saturated heterocycles. The Morgan fingerprint density at radius 2 is 1.84 bits per heavy atom. The molecule has 0 fully saturated rings. The Morgan fingerprint density at radius 1 is 1.16 bits per heavy atom.